The van der Waals surface area contributed by atoms with E-state index in [1.54, 1.807) is 0 Å². The highest BCUT2D eigenvalue weighted by molar-refractivity contribution is 7.10. The lowest BCUT2D eigenvalue weighted by atomic mass is 10.1. The van der Waals surface area contributed by atoms with E-state index in [2.05, 4.69) is 40.0 Å². The van der Waals surface area contributed by atoms with Gasteiger partial charge in [-0.25, -0.2) is 0 Å². The maximum Gasteiger partial charge on any atom is 0.226 e. The number of carbonyl (C=O) groups is 2. The van der Waals surface area contributed by atoms with E-state index >= 15 is 0 Å². The van der Waals surface area contributed by atoms with Crippen LogP contribution < -0.4 is 15.5 Å². The van der Waals surface area contributed by atoms with Gasteiger partial charge in [0, 0.05) is 36.9 Å². The second kappa shape index (κ2) is 7.72. The first-order valence-corrected chi connectivity index (χ1v) is 10.5. The molecule has 2 heterocycles. The van der Waals surface area contributed by atoms with Crippen LogP contribution in [0.4, 0.5) is 11.4 Å². The zero-order valence-electron chi connectivity index (χ0n) is 15.5. The standard InChI is InChI=1S/C21H25N3O2S/c1-14-12-16(14)21(26)22-9-6-20(25)23-17-4-2-3-5-18(17)24-10-7-19-15(13-24)8-11-27-19/h2-5,8,11,14,16H,6-7,9-10,12-13H2,1H3,(H,22,26)(H,23,25)/t14-,16-/m1/s1. The Labute approximate surface area is 163 Å². The first-order valence-electron chi connectivity index (χ1n) is 9.58. The molecule has 27 heavy (non-hydrogen) atoms. The number of fused-ring (bicyclic) bond motifs is 1. The van der Waals surface area contributed by atoms with E-state index in [-0.39, 0.29) is 24.2 Å². The number of para-hydroxylation sites is 2. The number of nitrogens with one attached hydrogen (secondary N) is 2. The van der Waals surface area contributed by atoms with Crippen molar-refractivity contribution in [3.8, 4) is 0 Å². The van der Waals surface area contributed by atoms with Gasteiger partial charge in [-0.15, -0.1) is 11.3 Å². The van der Waals surface area contributed by atoms with Gasteiger partial charge in [0.1, 0.15) is 0 Å². The second-order valence-corrected chi connectivity index (χ2v) is 8.47. The Morgan fingerprint density at radius 1 is 1.26 bits per heavy atom. The van der Waals surface area contributed by atoms with Gasteiger partial charge < -0.3 is 15.5 Å². The molecule has 1 saturated carbocycles. The number of hydrogen-bond donors (Lipinski definition) is 2. The van der Waals surface area contributed by atoms with Gasteiger partial charge in [0.25, 0.3) is 0 Å². The molecule has 2 atom stereocenters. The summed E-state index contributed by atoms with van der Waals surface area (Å²) in [7, 11) is 0. The summed E-state index contributed by atoms with van der Waals surface area (Å²) in [5.41, 5.74) is 3.27. The Kier molecular flexibility index (Phi) is 5.16. The molecular formula is C21H25N3O2S. The summed E-state index contributed by atoms with van der Waals surface area (Å²) in [6.45, 7) is 4.29. The van der Waals surface area contributed by atoms with Crippen LogP contribution in [0.25, 0.3) is 0 Å². The van der Waals surface area contributed by atoms with Gasteiger partial charge in [-0.05, 0) is 47.9 Å². The fourth-order valence-corrected chi connectivity index (χ4v) is 4.53. The number of thiophene rings is 1. The van der Waals surface area contributed by atoms with Crippen LogP contribution in [0.3, 0.4) is 0 Å². The third kappa shape index (κ3) is 4.16. The number of carbonyl (C=O) groups excluding carboxylic acids is 2. The van der Waals surface area contributed by atoms with Crippen molar-refractivity contribution in [3.05, 3.63) is 46.2 Å². The molecule has 1 aromatic heterocycles. The molecule has 0 spiro atoms. The molecule has 2 N–H and O–H groups in total. The third-order valence-corrected chi connectivity index (χ3v) is 6.45. The molecule has 2 amide bonds. The van der Waals surface area contributed by atoms with Crippen molar-refractivity contribution >= 4 is 34.5 Å². The molecular weight excluding hydrogens is 358 g/mol. The summed E-state index contributed by atoms with van der Waals surface area (Å²) >= 11 is 1.82. The van der Waals surface area contributed by atoms with Crippen LogP contribution >= 0.6 is 11.3 Å². The Bertz CT molecular complexity index is 847. The predicted molar refractivity (Wildman–Crippen MR) is 109 cm³/mol. The molecule has 5 nitrogen and oxygen atoms in total. The number of hydrogen-bond acceptors (Lipinski definition) is 4. The molecule has 0 radical (unpaired) electrons. The van der Waals surface area contributed by atoms with E-state index in [0.29, 0.717) is 12.5 Å². The first-order chi connectivity index (χ1) is 13.1. The molecule has 1 aliphatic heterocycles. The molecule has 0 bridgehead atoms. The van der Waals surface area contributed by atoms with Crippen molar-refractivity contribution in [1.29, 1.82) is 0 Å². The summed E-state index contributed by atoms with van der Waals surface area (Å²) in [5.74, 6) is 0.643. The molecule has 0 saturated heterocycles. The van der Waals surface area contributed by atoms with Crippen molar-refractivity contribution in [1.82, 2.24) is 5.32 Å². The normalized spacial score (nSPS) is 20.7. The van der Waals surface area contributed by atoms with Crippen molar-refractivity contribution in [2.45, 2.75) is 32.7 Å². The maximum atomic E-state index is 12.4. The average Bonchev–Trinajstić information content (AvgIpc) is 3.22. The van der Waals surface area contributed by atoms with Crippen LogP contribution in [0.15, 0.2) is 35.7 Å². The molecule has 142 valence electrons. The minimum Gasteiger partial charge on any atom is -0.365 e. The van der Waals surface area contributed by atoms with E-state index in [4.69, 9.17) is 0 Å². The van der Waals surface area contributed by atoms with E-state index in [0.717, 1.165) is 37.3 Å². The van der Waals surface area contributed by atoms with E-state index in [1.165, 1.54) is 10.4 Å². The van der Waals surface area contributed by atoms with Gasteiger partial charge in [0.2, 0.25) is 11.8 Å². The maximum absolute atomic E-state index is 12.4. The van der Waals surface area contributed by atoms with Crippen molar-refractivity contribution in [3.63, 3.8) is 0 Å². The highest BCUT2D eigenvalue weighted by Crippen LogP contribution is 2.37. The number of benzene rings is 1. The molecule has 1 aromatic carbocycles. The van der Waals surface area contributed by atoms with Crippen molar-refractivity contribution < 1.29 is 9.59 Å². The predicted octanol–water partition coefficient (Wildman–Crippen LogP) is 3.41. The smallest absolute Gasteiger partial charge is 0.226 e. The fraction of sp³-hybridized carbons (Fsp3) is 0.429. The zero-order chi connectivity index (χ0) is 18.8. The number of anilines is 2. The SMILES string of the molecule is C[C@@H]1C[C@H]1C(=O)NCCC(=O)Nc1ccccc1N1CCc2sccc2C1. The summed E-state index contributed by atoms with van der Waals surface area (Å²) < 4.78 is 0. The lowest BCUT2D eigenvalue weighted by Crippen LogP contribution is -2.31. The summed E-state index contributed by atoms with van der Waals surface area (Å²) in [5, 5.41) is 8.04. The van der Waals surface area contributed by atoms with E-state index in [9.17, 15) is 9.59 Å². The van der Waals surface area contributed by atoms with Gasteiger partial charge in [0.15, 0.2) is 0 Å². The Morgan fingerprint density at radius 2 is 2.07 bits per heavy atom. The van der Waals surface area contributed by atoms with Crippen molar-refractivity contribution in [2.24, 2.45) is 11.8 Å². The van der Waals surface area contributed by atoms with Crippen LogP contribution in [0.1, 0.15) is 30.2 Å². The lowest BCUT2D eigenvalue weighted by molar-refractivity contribution is -0.122. The number of amides is 2. The number of rotatable bonds is 6. The molecule has 2 aliphatic rings. The Morgan fingerprint density at radius 3 is 2.89 bits per heavy atom. The minimum atomic E-state index is -0.0696. The van der Waals surface area contributed by atoms with E-state index < -0.39 is 0 Å². The third-order valence-electron chi connectivity index (χ3n) is 5.42. The van der Waals surface area contributed by atoms with Gasteiger partial charge in [0.05, 0.1) is 11.4 Å². The molecule has 4 rings (SSSR count). The largest absolute Gasteiger partial charge is 0.365 e. The first kappa shape index (κ1) is 18.0. The Hall–Kier alpha value is -2.34. The van der Waals surface area contributed by atoms with Gasteiger partial charge >= 0.3 is 0 Å². The Balaban J connectivity index is 1.34. The molecule has 1 aliphatic carbocycles. The molecule has 2 aromatic rings. The summed E-state index contributed by atoms with van der Waals surface area (Å²) in [6.07, 6.45) is 2.30. The van der Waals surface area contributed by atoms with Crippen LogP contribution in [-0.2, 0) is 22.6 Å². The molecule has 1 fully saturated rings. The highest BCUT2D eigenvalue weighted by atomic mass is 32.1. The topological polar surface area (TPSA) is 61.4 Å². The average molecular weight is 384 g/mol. The zero-order valence-corrected chi connectivity index (χ0v) is 16.3. The van der Waals surface area contributed by atoms with Crippen LogP contribution in [0, 0.1) is 11.8 Å². The lowest BCUT2D eigenvalue weighted by Gasteiger charge is -2.30. The second-order valence-electron chi connectivity index (χ2n) is 7.47. The van der Waals surface area contributed by atoms with Gasteiger partial charge in [-0.2, -0.15) is 0 Å². The van der Waals surface area contributed by atoms with Crippen LogP contribution in [0.2, 0.25) is 0 Å². The molecule has 6 heteroatoms. The highest BCUT2D eigenvalue weighted by Gasteiger charge is 2.38. The van der Waals surface area contributed by atoms with Crippen molar-refractivity contribution in [2.75, 3.05) is 23.3 Å². The molecule has 0 unspecified atom stereocenters. The minimum absolute atomic E-state index is 0.0696. The fourth-order valence-electron chi connectivity index (χ4n) is 3.64. The quantitative estimate of drug-likeness (QED) is 0.804. The van der Waals surface area contributed by atoms with Crippen LogP contribution in [0.5, 0.6) is 0 Å². The van der Waals surface area contributed by atoms with E-state index in [1.807, 2.05) is 29.5 Å². The van der Waals surface area contributed by atoms with Crippen LogP contribution in [-0.4, -0.2) is 24.9 Å². The number of nitrogens with zero attached hydrogens (tertiary/aromatic N) is 1. The van der Waals surface area contributed by atoms with Gasteiger partial charge in [-0.3, -0.25) is 9.59 Å². The monoisotopic (exact) mass is 383 g/mol. The summed E-state index contributed by atoms with van der Waals surface area (Å²) in [4.78, 5) is 28.0. The summed E-state index contributed by atoms with van der Waals surface area (Å²) in [6, 6.07) is 10.1. The van der Waals surface area contributed by atoms with Gasteiger partial charge in [-0.1, -0.05) is 19.1 Å².